The van der Waals surface area contributed by atoms with Crippen LogP contribution in [0.15, 0.2) is 24.3 Å². The fourth-order valence-corrected chi connectivity index (χ4v) is 2.54. The van der Waals surface area contributed by atoms with E-state index in [9.17, 15) is 9.18 Å². The topological polar surface area (TPSA) is 44.4 Å². The highest BCUT2D eigenvalue weighted by atomic mass is 19.1. The molecule has 1 aliphatic heterocycles. The van der Waals surface area contributed by atoms with Crippen molar-refractivity contribution < 1.29 is 9.18 Å². The highest BCUT2D eigenvalue weighted by Crippen LogP contribution is 2.18. The fraction of sp³-hybridized carbons (Fsp3) is 0.533. The van der Waals surface area contributed by atoms with Gasteiger partial charge in [-0.3, -0.25) is 4.79 Å². The summed E-state index contributed by atoms with van der Waals surface area (Å²) in [5.41, 5.74) is 0.870. The van der Waals surface area contributed by atoms with Gasteiger partial charge in [0, 0.05) is 6.54 Å². The summed E-state index contributed by atoms with van der Waals surface area (Å²) in [5.74, 6) is -0.219. The molecule has 0 bridgehead atoms. The van der Waals surface area contributed by atoms with E-state index in [-0.39, 0.29) is 23.8 Å². The van der Waals surface area contributed by atoms with E-state index in [0.29, 0.717) is 6.54 Å². The van der Waals surface area contributed by atoms with Crippen LogP contribution in [-0.4, -0.2) is 44.0 Å². The summed E-state index contributed by atoms with van der Waals surface area (Å²) < 4.78 is 13.3. The molecule has 4 nitrogen and oxygen atoms in total. The van der Waals surface area contributed by atoms with Gasteiger partial charge in [0.05, 0.1) is 12.1 Å². The van der Waals surface area contributed by atoms with Crippen molar-refractivity contribution in [2.45, 2.75) is 24.9 Å². The molecule has 1 amide bonds. The second kappa shape index (κ2) is 6.81. The Morgan fingerprint density at radius 1 is 1.55 bits per heavy atom. The van der Waals surface area contributed by atoms with E-state index >= 15 is 0 Å². The standard InChI is InChI=1S/C15H22FN3O/c1-19(2)14(11-5-3-6-12(16)9-11)10-18-15(20)13-7-4-8-17-13/h3,5-6,9,13-14,17H,4,7-8,10H2,1-2H3,(H,18,20). The zero-order valence-electron chi connectivity index (χ0n) is 12.0. The number of hydrogen-bond donors (Lipinski definition) is 2. The first-order valence-electron chi connectivity index (χ1n) is 7.01. The van der Waals surface area contributed by atoms with E-state index < -0.39 is 0 Å². The number of rotatable bonds is 5. The lowest BCUT2D eigenvalue weighted by molar-refractivity contribution is -0.123. The third-order valence-electron chi connectivity index (χ3n) is 3.70. The Bertz CT molecular complexity index is 458. The van der Waals surface area contributed by atoms with Crippen LogP contribution >= 0.6 is 0 Å². The summed E-state index contributed by atoms with van der Waals surface area (Å²) >= 11 is 0. The molecule has 1 aromatic carbocycles. The molecule has 1 heterocycles. The van der Waals surface area contributed by atoms with Gasteiger partial charge < -0.3 is 15.5 Å². The molecule has 2 N–H and O–H groups in total. The summed E-state index contributed by atoms with van der Waals surface area (Å²) in [6.45, 7) is 1.38. The monoisotopic (exact) mass is 279 g/mol. The average Bonchev–Trinajstić information content (AvgIpc) is 2.92. The minimum atomic E-state index is -0.252. The Labute approximate surface area is 119 Å². The summed E-state index contributed by atoms with van der Waals surface area (Å²) in [7, 11) is 3.85. The maximum atomic E-state index is 13.3. The SMILES string of the molecule is CN(C)C(CNC(=O)C1CCCN1)c1cccc(F)c1. The Hall–Kier alpha value is -1.46. The Balaban J connectivity index is 1.97. The molecule has 1 aromatic rings. The third kappa shape index (κ3) is 3.77. The van der Waals surface area contributed by atoms with Crippen molar-refractivity contribution in [3.63, 3.8) is 0 Å². The number of benzene rings is 1. The first-order valence-corrected chi connectivity index (χ1v) is 7.01. The van der Waals surface area contributed by atoms with Crippen LogP contribution < -0.4 is 10.6 Å². The van der Waals surface area contributed by atoms with Crippen LogP contribution in [0.4, 0.5) is 4.39 Å². The predicted octanol–water partition coefficient (Wildman–Crippen LogP) is 1.30. The number of likely N-dealkylation sites (N-methyl/N-ethyl adjacent to an activating group) is 1. The fourth-order valence-electron chi connectivity index (χ4n) is 2.54. The molecule has 1 aliphatic rings. The van der Waals surface area contributed by atoms with Crippen molar-refractivity contribution in [1.82, 2.24) is 15.5 Å². The van der Waals surface area contributed by atoms with Crippen molar-refractivity contribution in [1.29, 1.82) is 0 Å². The van der Waals surface area contributed by atoms with Gasteiger partial charge in [-0.25, -0.2) is 4.39 Å². The first kappa shape index (κ1) is 14.9. The minimum absolute atomic E-state index is 0.0314. The lowest BCUT2D eigenvalue weighted by Crippen LogP contribution is -2.43. The van der Waals surface area contributed by atoms with Crippen LogP contribution in [0.25, 0.3) is 0 Å². The van der Waals surface area contributed by atoms with Gasteiger partial charge in [-0.2, -0.15) is 0 Å². The third-order valence-corrected chi connectivity index (χ3v) is 3.70. The predicted molar refractivity (Wildman–Crippen MR) is 76.9 cm³/mol. The van der Waals surface area contributed by atoms with Crippen molar-refractivity contribution in [2.24, 2.45) is 0 Å². The van der Waals surface area contributed by atoms with E-state index in [1.807, 2.05) is 25.1 Å². The molecule has 0 aliphatic carbocycles. The molecule has 2 atom stereocenters. The lowest BCUT2D eigenvalue weighted by Gasteiger charge is -2.25. The number of nitrogens with zero attached hydrogens (tertiary/aromatic N) is 1. The zero-order chi connectivity index (χ0) is 14.5. The number of nitrogens with one attached hydrogen (secondary N) is 2. The quantitative estimate of drug-likeness (QED) is 0.854. The van der Waals surface area contributed by atoms with Crippen LogP contribution in [-0.2, 0) is 4.79 Å². The lowest BCUT2D eigenvalue weighted by atomic mass is 10.1. The van der Waals surface area contributed by atoms with Crippen LogP contribution in [0.5, 0.6) is 0 Å². The van der Waals surface area contributed by atoms with Crippen molar-refractivity contribution >= 4 is 5.91 Å². The number of amides is 1. The zero-order valence-corrected chi connectivity index (χ0v) is 12.0. The summed E-state index contributed by atoms with van der Waals surface area (Å²) in [6, 6.07) is 6.42. The number of carbonyl (C=O) groups is 1. The van der Waals surface area contributed by atoms with Gasteiger partial charge in [0.2, 0.25) is 5.91 Å². The van der Waals surface area contributed by atoms with E-state index in [1.54, 1.807) is 6.07 Å². The second-order valence-corrected chi connectivity index (χ2v) is 5.43. The Kier molecular flexibility index (Phi) is 5.09. The highest BCUT2D eigenvalue weighted by Gasteiger charge is 2.23. The molecule has 1 saturated heterocycles. The Morgan fingerprint density at radius 3 is 2.95 bits per heavy atom. The molecule has 1 fully saturated rings. The summed E-state index contributed by atoms with van der Waals surface area (Å²) in [5, 5.41) is 6.13. The molecular weight excluding hydrogens is 257 g/mol. The Morgan fingerprint density at radius 2 is 2.35 bits per heavy atom. The van der Waals surface area contributed by atoms with Crippen LogP contribution in [0, 0.1) is 5.82 Å². The van der Waals surface area contributed by atoms with E-state index in [4.69, 9.17) is 0 Å². The largest absolute Gasteiger partial charge is 0.353 e. The van der Waals surface area contributed by atoms with Gasteiger partial charge in [-0.15, -0.1) is 0 Å². The number of carbonyl (C=O) groups excluding carboxylic acids is 1. The summed E-state index contributed by atoms with van der Waals surface area (Å²) in [6.07, 6.45) is 1.93. The summed E-state index contributed by atoms with van der Waals surface area (Å²) in [4.78, 5) is 14.0. The molecule has 20 heavy (non-hydrogen) atoms. The number of halogens is 1. The van der Waals surface area contributed by atoms with Crippen LogP contribution in [0.1, 0.15) is 24.4 Å². The van der Waals surface area contributed by atoms with Gasteiger partial charge in [-0.1, -0.05) is 12.1 Å². The molecule has 2 rings (SSSR count). The van der Waals surface area contributed by atoms with Gasteiger partial charge >= 0.3 is 0 Å². The number of hydrogen-bond acceptors (Lipinski definition) is 3. The second-order valence-electron chi connectivity index (χ2n) is 5.43. The molecule has 5 heteroatoms. The van der Waals surface area contributed by atoms with E-state index in [1.165, 1.54) is 12.1 Å². The average molecular weight is 279 g/mol. The van der Waals surface area contributed by atoms with Crippen molar-refractivity contribution in [3.05, 3.63) is 35.6 Å². The smallest absolute Gasteiger partial charge is 0.237 e. The van der Waals surface area contributed by atoms with Gasteiger partial charge in [0.15, 0.2) is 0 Å². The van der Waals surface area contributed by atoms with Crippen molar-refractivity contribution in [2.75, 3.05) is 27.2 Å². The van der Waals surface area contributed by atoms with Gasteiger partial charge in [0.25, 0.3) is 0 Å². The molecule has 110 valence electrons. The normalized spacial score (nSPS) is 20.1. The van der Waals surface area contributed by atoms with Crippen LogP contribution in [0.2, 0.25) is 0 Å². The van der Waals surface area contributed by atoms with Gasteiger partial charge in [0.1, 0.15) is 5.82 Å². The van der Waals surface area contributed by atoms with Crippen molar-refractivity contribution in [3.8, 4) is 0 Å². The molecule has 0 radical (unpaired) electrons. The molecule has 0 saturated carbocycles. The van der Waals surface area contributed by atoms with E-state index in [0.717, 1.165) is 24.9 Å². The minimum Gasteiger partial charge on any atom is -0.353 e. The maximum absolute atomic E-state index is 13.3. The highest BCUT2D eigenvalue weighted by molar-refractivity contribution is 5.82. The van der Waals surface area contributed by atoms with Gasteiger partial charge in [-0.05, 0) is 51.2 Å². The molecular formula is C15H22FN3O. The molecule has 0 aromatic heterocycles. The van der Waals surface area contributed by atoms with E-state index in [2.05, 4.69) is 10.6 Å². The van der Waals surface area contributed by atoms with Crippen LogP contribution in [0.3, 0.4) is 0 Å². The first-order chi connectivity index (χ1) is 9.58. The molecule has 0 spiro atoms. The maximum Gasteiger partial charge on any atom is 0.237 e. The molecule has 2 unspecified atom stereocenters.